The number of guanidine groups is 1. The summed E-state index contributed by atoms with van der Waals surface area (Å²) in [5.41, 5.74) is 2.35. The van der Waals surface area contributed by atoms with Crippen LogP contribution >= 0.6 is 11.3 Å². The number of hydrogen-bond donors (Lipinski definition) is 2. The Kier molecular flexibility index (Phi) is 8.58. The van der Waals surface area contributed by atoms with Crippen LogP contribution < -0.4 is 20.1 Å². The normalized spacial score (nSPS) is 13.5. The highest BCUT2D eigenvalue weighted by molar-refractivity contribution is 7.09. The molecule has 1 aliphatic heterocycles. The van der Waals surface area contributed by atoms with Crippen LogP contribution in [0.3, 0.4) is 0 Å². The Bertz CT molecular complexity index is 883. The lowest BCUT2D eigenvalue weighted by atomic mass is 9.98. The number of aliphatic imine (C=N–C) groups is 1. The highest BCUT2D eigenvalue weighted by atomic mass is 32.1. The summed E-state index contributed by atoms with van der Waals surface area (Å²) in [7, 11) is 5.04. The molecule has 2 aromatic rings. The Morgan fingerprint density at radius 3 is 2.58 bits per heavy atom. The largest absolute Gasteiger partial charge is 0.493 e. The van der Waals surface area contributed by atoms with Gasteiger partial charge in [0.1, 0.15) is 0 Å². The third-order valence-corrected chi connectivity index (χ3v) is 6.33. The number of methoxy groups -OCH3 is 2. The van der Waals surface area contributed by atoms with Gasteiger partial charge in [-0.2, -0.15) is 0 Å². The number of nitrogens with zero attached hydrogens (tertiary/aromatic N) is 2. The Morgan fingerprint density at radius 1 is 1.16 bits per heavy atom. The molecule has 0 saturated carbocycles. The van der Waals surface area contributed by atoms with Crippen LogP contribution in [0, 0.1) is 0 Å². The van der Waals surface area contributed by atoms with Gasteiger partial charge in [-0.25, -0.2) is 0 Å². The number of ether oxygens (including phenoxy) is 2. The minimum absolute atomic E-state index is 0.183. The fourth-order valence-electron chi connectivity index (χ4n) is 3.68. The zero-order chi connectivity index (χ0) is 22.1. The first-order valence-electron chi connectivity index (χ1n) is 10.6. The van der Waals surface area contributed by atoms with E-state index < -0.39 is 0 Å². The Balaban J connectivity index is 1.40. The average Bonchev–Trinajstić information content (AvgIpc) is 3.32. The second kappa shape index (κ2) is 11.6. The van der Waals surface area contributed by atoms with E-state index in [9.17, 15) is 4.79 Å². The number of rotatable bonds is 9. The molecule has 0 saturated heterocycles. The van der Waals surface area contributed by atoms with Crippen LogP contribution in [0.1, 0.15) is 28.8 Å². The first kappa shape index (κ1) is 22.9. The molecule has 31 heavy (non-hydrogen) atoms. The molecule has 1 aliphatic rings. The minimum atomic E-state index is 0.183. The predicted octanol–water partition coefficient (Wildman–Crippen LogP) is 2.84. The van der Waals surface area contributed by atoms with Crippen molar-refractivity contribution in [1.82, 2.24) is 15.5 Å². The monoisotopic (exact) mass is 444 g/mol. The Labute approximate surface area is 188 Å². The predicted molar refractivity (Wildman–Crippen MR) is 125 cm³/mol. The van der Waals surface area contributed by atoms with Gasteiger partial charge >= 0.3 is 0 Å². The van der Waals surface area contributed by atoms with Crippen molar-refractivity contribution in [2.75, 3.05) is 40.9 Å². The summed E-state index contributed by atoms with van der Waals surface area (Å²) in [6, 6.07) is 8.22. The number of carbonyl (C=O) groups excluding carboxylic acids is 1. The van der Waals surface area contributed by atoms with Gasteiger partial charge in [-0.15, -0.1) is 11.3 Å². The maximum absolute atomic E-state index is 12.7. The number of thiophene rings is 1. The molecule has 3 rings (SSSR count). The van der Waals surface area contributed by atoms with Gasteiger partial charge in [-0.05, 0) is 54.0 Å². The third-order valence-electron chi connectivity index (χ3n) is 5.40. The molecule has 0 fully saturated rings. The molecule has 0 aliphatic carbocycles. The van der Waals surface area contributed by atoms with Gasteiger partial charge in [0.2, 0.25) is 5.91 Å². The average molecular weight is 445 g/mol. The van der Waals surface area contributed by atoms with Crippen LogP contribution in [0.2, 0.25) is 0 Å². The van der Waals surface area contributed by atoms with Crippen molar-refractivity contribution < 1.29 is 14.3 Å². The van der Waals surface area contributed by atoms with Crippen LogP contribution in [0.4, 0.5) is 0 Å². The maximum Gasteiger partial charge on any atom is 0.222 e. The molecule has 0 spiro atoms. The fraction of sp³-hybridized carbons (Fsp3) is 0.478. The van der Waals surface area contributed by atoms with E-state index in [-0.39, 0.29) is 5.91 Å². The lowest BCUT2D eigenvalue weighted by Crippen LogP contribution is -2.39. The van der Waals surface area contributed by atoms with Crippen molar-refractivity contribution >= 4 is 23.2 Å². The van der Waals surface area contributed by atoms with Crippen molar-refractivity contribution in [1.29, 1.82) is 0 Å². The van der Waals surface area contributed by atoms with Gasteiger partial charge < -0.3 is 25.0 Å². The summed E-state index contributed by atoms with van der Waals surface area (Å²) < 4.78 is 10.8. The van der Waals surface area contributed by atoms with Crippen LogP contribution in [-0.2, 0) is 24.2 Å². The van der Waals surface area contributed by atoms with Gasteiger partial charge in [-0.1, -0.05) is 6.07 Å². The molecular formula is C23H32N4O3S. The molecule has 0 radical (unpaired) electrons. The molecule has 168 valence electrons. The SMILES string of the molecule is CN=C(NCCCC(=O)N1CCc2cc(OC)c(OC)cc2C1)NCCc1cccs1. The molecule has 1 aromatic heterocycles. The summed E-state index contributed by atoms with van der Waals surface area (Å²) in [6.07, 6.45) is 3.09. The van der Waals surface area contributed by atoms with Gasteiger partial charge in [-0.3, -0.25) is 9.79 Å². The standard InChI is InChI=1S/C23H32N4O3S/c1-24-23(26-11-8-19-6-5-13-31-19)25-10-4-7-22(28)27-12-9-17-14-20(29-2)21(30-3)15-18(17)16-27/h5-6,13-15H,4,7-12,16H2,1-3H3,(H2,24,25,26). The molecule has 0 bridgehead atoms. The number of amides is 1. The van der Waals surface area contributed by atoms with E-state index in [4.69, 9.17) is 9.47 Å². The maximum atomic E-state index is 12.7. The highest BCUT2D eigenvalue weighted by Crippen LogP contribution is 2.33. The molecule has 2 heterocycles. The smallest absolute Gasteiger partial charge is 0.222 e. The van der Waals surface area contributed by atoms with Crippen molar-refractivity contribution in [3.63, 3.8) is 0 Å². The molecule has 1 amide bonds. The molecule has 1 aromatic carbocycles. The van der Waals surface area contributed by atoms with Gasteiger partial charge in [0.05, 0.1) is 14.2 Å². The summed E-state index contributed by atoms with van der Waals surface area (Å²) in [4.78, 5) is 20.2. The number of nitrogens with one attached hydrogen (secondary N) is 2. The zero-order valence-electron chi connectivity index (χ0n) is 18.6. The Hall–Kier alpha value is -2.74. The van der Waals surface area contributed by atoms with Crippen molar-refractivity contribution in [2.45, 2.75) is 32.2 Å². The third kappa shape index (κ3) is 6.37. The van der Waals surface area contributed by atoms with Crippen LogP contribution in [0.15, 0.2) is 34.6 Å². The molecule has 2 N–H and O–H groups in total. The van der Waals surface area contributed by atoms with Crippen molar-refractivity contribution in [3.8, 4) is 11.5 Å². The van der Waals surface area contributed by atoms with E-state index in [0.29, 0.717) is 25.3 Å². The lowest BCUT2D eigenvalue weighted by Gasteiger charge is -2.29. The molecule has 7 nitrogen and oxygen atoms in total. The quantitative estimate of drug-likeness (QED) is 0.353. The Morgan fingerprint density at radius 2 is 1.90 bits per heavy atom. The second-order valence-electron chi connectivity index (χ2n) is 7.40. The van der Waals surface area contributed by atoms with E-state index in [1.165, 1.54) is 10.4 Å². The lowest BCUT2D eigenvalue weighted by molar-refractivity contribution is -0.132. The summed E-state index contributed by atoms with van der Waals surface area (Å²) in [5, 5.41) is 8.70. The first-order valence-corrected chi connectivity index (χ1v) is 11.5. The molecule has 0 unspecified atom stereocenters. The number of benzene rings is 1. The van der Waals surface area contributed by atoms with Crippen molar-refractivity contribution in [2.24, 2.45) is 4.99 Å². The van der Waals surface area contributed by atoms with Gasteiger partial charge in [0, 0.05) is 44.5 Å². The zero-order valence-corrected chi connectivity index (χ0v) is 19.4. The summed E-state index contributed by atoms with van der Waals surface area (Å²) in [6.45, 7) is 2.90. The fourth-order valence-corrected chi connectivity index (χ4v) is 4.39. The van der Waals surface area contributed by atoms with E-state index >= 15 is 0 Å². The van der Waals surface area contributed by atoms with E-state index in [0.717, 1.165) is 49.6 Å². The van der Waals surface area contributed by atoms with Gasteiger partial charge in [0.25, 0.3) is 0 Å². The summed E-state index contributed by atoms with van der Waals surface area (Å²) >= 11 is 1.76. The van der Waals surface area contributed by atoms with Crippen LogP contribution in [0.25, 0.3) is 0 Å². The number of fused-ring (bicyclic) bond motifs is 1. The number of hydrogen-bond acceptors (Lipinski definition) is 5. The minimum Gasteiger partial charge on any atom is -0.493 e. The second-order valence-corrected chi connectivity index (χ2v) is 8.43. The first-order chi connectivity index (χ1) is 15.1. The van der Waals surface area contributed by atoms with Crippen LogP contribution in [0.5, 0.6) is 11.5 Å². The van der Waals surface area contributed by atoms with E-state index in [2.05, 4.69) is 33.1 Å². The number of carbonyl (C=O) groups is 1. The van der Waals surface area contributed by atoms with E-state index in [1.54, 1.807) is 32.6 Å². The van der Waals surface area contributed by atoms with Crippen molar-refractivity contribution in [3.05, 3.63) is 45.6 Å². The molecule has 8 heteroatoms. The topological polar surface area (TPSA) is 75.2 Å². The summed E-state index contributed by atoms with van der Waals surface area (Å²) in [5.74, 6) is 2.40. The molecule has 0 atom stereocenters. The molecular weight excluding hydrogens is 412 g/mol. The van der Waals surface area contributed by atoms with Gasteiger partial charge in [0.15, 0.2) is 17.5 Å². The highest BCUT2D eigenvalue weighted by Gasteiger charge is 2.22. The van der Waals surface area contributed by atoms with E-state index in [1.807, 2.05) is 17.0 Å². The van der Waals surface area contributed by atoms with Crippen LogP contribution in [-0.4, -0.2) is 57.7 Å².